The smallest absolute Gasteiger partial charge is 0.329 e. The number of pyridine rings is 1. The zero-order chi connectivity index (χ0) is 24.9. The van der Waals surface area contributed by atoms with Gasteiger partial charge in [-0.1, -0.05) is 31.0 Å². The van der Waals surface area contributed by atoms with E-state index in [9.17, 15) is 23.2 Å². The third kappa shape index (κ3) is 6.61. The van der Waals surface area contributed by atoms with Crippen LogP contribution >= 0.6 is 0 Å². The molecule has 1 N–H and O–H groups in total. The lowest BCUT2D eigenvalue weighted by Gasteiger charge is -2.26. The van der Waals surface area contributed by atoms with Gasteiger partial charge in [-0.3, -0.25) is 14.6 Å². The lowest BCUT2D eigenvalue weighted by Crippen LogP contribution is -2.44. The van der Waals surface area contributed by atoms with Crippen LogP contribution in [-0.4, -0.2) is 39.8 Å². The molecule has 186 valence electrons. The number of hydrogen-bond donors (Lipinski definition) is 1. The Morgan fingerprint density at radius 1 is 1.17 bits per heavy atom. The molecule has 0 radical (unpaired) electrons. The monoisotopic (exact) mass is 485 g/mol. The highest BCUT2D eigenvalue weighted by Gasteiger charge is 2.35. The number of rotatable bonds is 10. The molecule has 35 heavy (non-hydrogen) atoms. The van der Waals surface area contributed by atoms with Crippen LogP contribution in [0.1, 0.15) is 55.5 Å². The topological polar surface area (TPSA) is 88.6 Å². The summed E-state index contributed by atoms with van der Waals surface area (Å²) in [6, 6.07) is 8.03. The van der Waals surface area contributed by atoms with E-state index in [1.165, 1.54) is 17.0 Å². The highest BCUT2D eigenvalue weighted by atomic mass is 19.2. The molecule has 2 heterocycles. The highest BCUT2D eigenvalue weighted by Crippen LogP contribution is 2.34. The van der Waals surface area contributed by atoms with Crippen molar-refractivity contribution in [1.29, 1.82) is 0 Å². The Kier molecular flexibility index (Phi) is 7.73. The summed E-state index contributed by atoms with van der Waals surface area (Å²) in [6.07, 6.45) is 3.13. The molecule has 9 heteroatoms. The van der Waals surface area contributed by atoms with Gasteiger partial charge in [0.2, 0.25) is 11.8 Å². The van der Waals surface area contributed by atoms with Crippen LogP contribution < -0.4 is 5.32 Å². The second-order valence-corrected chi connectivity index (χ2v) is 9.31. The predicted molar refractivity (Wildman–Crippen MR) is 123 cm³/mol. The van der Waals surface area contributed by atoms with Crippen LogP contribution in [0.15, 0.2) is 36.4 Å². The largest absolute Gasteiger partial charge is 0.458 e. The number of carbonyl (C=O) groups is 3. The van der Waals surface area contributed by atoms with Crippen LogP contribution in [0, 0.1) is 24.5 Å². The van der Waals surface area contributed by atoms with Crippen LogP contribution in [0.4, 0.5) is 8.78 Å². The second kappa shape index (κ2) is 10.9. The van der Waals surface area contributed by atoms with Crippen LogP contribution in [0.25, 0.3) is 0 Å². The number of benzene rings is 1. The average Bonchev–Trinajstić information content (AvgIpc) is 3.58. The summed E-state index contributed by atoms with van der Waals surface area (Å²) in [5.74, 6) is -2.73. The number of amides is 2. The minimum absolute atomic E-state index is 0.0155. The molecule has 2 aliphatic rings. The Labute approximate surface area is 202 Å². The number of esters is 1. The van der Waals surface area contributed by atoms with Crippen molar-refractivity contribution in [2.45, 2.75) is 70.7 Å². The molecule has 1 aliphatic heterocycles. The minimum Gasteiger partial charge on any atom is -0.458 e. The summed E-state index contributed by atoms with van der Waals surface area (Å²) in [6.45, 7) is 1.75. The molecule has 4 rings (SSSR count). The Balaban J connectivity index is 1.36. The van der Waals surface area contributed by atoms with Gasteiger partial charge in [-0.15, -0.1) is 0 Å². The molecular formula is C26H29F2N3O4. The van der Waals surface area contributed by atoms with Crippen LogP contribution in [0.5, 0.6) is 0 Å². The van der Waals surface area contributed by atoms with Gasteiger partial charge >= 0.3 is 5.97 Å². The normalized spacial score (nSPS) is 18.4. The van der Waals surface area contributed by atoms with E-state index in [1.54, 1.807) is 6.07 Å². The molecule has 1 aromatic heterocycles. The Morgan fingerprint density at radius 2 is 1.94 bits per heavy atom. The fourth-order valence-corrected chi connectivity index (χ4v) is 4.37. The Morgan fingerprint density at radius 3 is 2.69 bits per heavy atom. The highest BCUT2D eigenvalue weighted by molar-refractivity contribution is 5.86. The number of aryl methyl sites for hydroxylation is 1. The van der Waals surface area contributed by atoms with E-state index in [0.717, 1.165) is 24.6 Å². The number of ether oxygens (including phenoxy) is 1. The quantitative estimate of drug-likeness (QED) is 0.520. The van der Waals surface area contributed by atoms with E-state index >= 15 is 0 Å². The van der Waals surface area contributed by atoms with Crippen molar-refractivity contribution in [3.05, 3.63) is 65.0 Å². The number of carbonyl (C=O) groups excluding carboxylic acids is 3. The van der Waals surface area contributed by atoms with Gasteiger partial charge in [-0.2, -0.15) is 0 Å². The average molecular weight is 486 g/mol. The zero-order valence-corrected chi connectivity index (χ0v) is 19.6. The second-order valence-electron chi connectivity index (χ2n) is 9.31. The molecule has 1 aliphatic carbocycles. The first-order valence-electron chi connectivity index (χ1n) is 11.9. The Hall–Kier alpha value is -3.36. The standard InChI is InChI=1S/C26H29F2N3O4/c1-16-4-2-6-19(29-16)15-35-26(34)22(12-17-8-9-17)30-23(32)13-20-10-11-24(33)31(20)14-18-5-3-7-21(27)25(18)28/h2-7,17,20,22H,8-15H2,1H3,(H,30,32)/t20-,22-/m0/s1. The van der Waals surface area contributed by atoms with Crippen molar-refractivity contribution in [2.24, 2.45) is 5.92 Å². The maximum absolute atomic E-state index is 14.1. The molecule has 1 saturated carbocycles. The molecule has 2 amide bonds. The van der Waals surface area contributed by atoms with Crippen LogP contribution in [-0.2, 0) is 32.3 Å². The minimum atomic E-state index is -0.995. The number of likely N-dealkylation sites (tertiary alicyclic amines) is 1. The van der Waals surface area contributed by atoms with Gasteiger partial charge in [0.15, 0.2) is 11.6 Å². The van der Waals surface area contributed by atoms with Gasteiger partial charge in [0.05, 0.1) is 5.69 Å². The zero-order valence-electron chi connectivity index (χ0n) is 19.6. The van der Waals surface area contributed by atoms with Crippen molar-refractivity contribution in [1.82, 2.24) is 15.2 Å². The van der Waals surface area contributed by atoms with Gasteiger partial charge in [0, 0.05) is 36.7 Å². The van der Waals surface area contributed by atoms with Crippen molar-refractivity contribution in [2.75, 3.05) is 0 Å². The first-order valence-corrected chi connectivity index (χ1v) is 11.9. The SMILES string of the molecule is Cc1cccc(COC(=O)[C@H](CC2CC2)NC(=O)C[C@@H]2CCC(=O)N2Cc2cccc(F)c2F)n1. The van der Waals surface area contributed by atoms with Crippen LogP contribution in [0.3, 0.4) is 0 Å². The lowest BCUT2D eigenvalue weighted by atomic mass is 10.1. The number of aromatic nitrogens is 1. The summed E-state index contributed by atoms with van der Waals surface area (Å²) in [7, 11) is 0. The fraction of sp³-hybridized carbons (Fsp3) is 0.462. The van der Waals surface area contributed by atoms with Gasteiger partial charge in [-0.25, -0.2) is 13.6 Å². The van der Waals surface area contributed by atoms with E-state index in [-0.39, 0.29) is 43.4 Å². The molecule has 7 nitrogen and oxygen atoms in total. The third-order valence-electron chi connectivity index (χ3n) is 6.44. The van der Waals surface area contributed by atoms with E-state index in [0.29, 0.717) is 24.5 Å². The lowest BCUT2D eigenvalue weighted by molar-refractivity contribution is -0.149. The summed E-state index contributed by atoms with van der Waals surface area (Å²) < 4.78 is 33.1. The molecule has 1 saturated heterocycles. The number of nitrogens with one attached hydrogen (secondary N) is 1. The summed E-state index contributed by atoms with van der Waals surface area (Å²) in [5, 5.41) is 2.78. The maximum atomic E-state index is 14.1. The molecule has 1 aromatic carbocycles. The van der Waals surface area contributed by atoms with Crippen LogP contribution in [0.2, 0.25) is 0 Å². The van der Waals surface area contributed by atoms with Gasteiger partial charge in [-0.05, 0) is 43.9 Å². The number of halogens is 2. The molecular weight excluding hydrogens is 456 g/mol. The van der Waals surface area contributed by atoms with Crippen molar-refractivity contribution in [3.8, 4) is 0 Å². The van der Waals surface area contributed by atoms with Crippen molar-refractivity contribution in [3.63, 3.8) is 0 Å². The molecule has 0 unspecified atom stereocenters. The molecule has 2 aromatic rings. The van der Waals surface area contributed by atoms with Crippen molar-refractivity contribution >= 4 is 17.8 Å². The first kappa shape index (κ1) is 24.8. The van der Waals surface area contributed by atoms with Gasteiger partial charge in [0.1, 0.15) is 12.6 Å². The van der Waals surface area contributed by atoms with E-state index < -0.39 is 29.7 Å². The first-order chi connectivity index (χ1) is 16.8. The summed E-state index contributed by atoms with van der Waals surface area (Å²) in [5.41, 5.74) is 1.50. The van der Waals surface area contributed by atoms with E-state index in [4.69, 9.17) is 4.74 Å². The predicted octanol–water partition coefficient (Wildman–Crippen LogP) is 3.58. The van der Waals surface area contributed by atoms with Crippen molar-refractivity contribution < 1.29 is 27.9 Å². The number of hydrogen-bond acceptors (Lipinski definition) is 5. The Bertz CT molecular complexity index is 1110. The molecule has 2 atom stereocenters. The van der Waals surface area contributed by atoms with E-state index in [1.807, 2.05) is 19.1 Å². The third-order valence-corrected chi connectivity index (χ3v) is 6.44. The fourth-order valence-electron chi connectivity index (χ4n) is 4.37. The molecule has 2 fully saturated rings. The van der Waals surface area contributed by atoms with E-state index in [2.05, 4.69) is 10.3 Å². The van der Waals surface area contributed by atoms with Gasteiger partial charge in [0.25, 0.3) is 0 Å². The molecule has 0 spiro atoms. The summed E-state index contributed by atoms with van der Waals surface area (Å²) >= 11 is 0. The number of nitrogens with zero attached hydrogens (tertiary/aromatic N) is 2. The maximum Gasteiger partial charge on any atom is 0.329 e. The summed E-state index contributed by atoms with van der Waals surface area (Å²) in [4.78, 5) is 43.7. The molecule has 0 bridgehead atoms. The van der Waals surface area contributed by atoms with Gasteiger partial charge < -0.3 is 15.0 Å².